The molecule has 2 aromatic carbocycles. The number of rotatable bonds is 7. The van der Waals surface area contributed by atoms with E-state index in [0.29, 0.717) is 17.2 Å². The largest absolute Gasteiger partial charge is 0.493 e. The molecule has 0 heterocycles. The van der Waals surface area contributed by atoms with E-state index in [1.165, 1.54) is 13.3 Å². The molecule has 0 radical (unpaired) electrons. The average Bonchev–Trinajstić information content (AvgIpc) is 2.60. The zero-order valence-electron chi connectivity index (χ0n) is 13.3. The normalized spacial score (nSPS) is 10.5. The molecule has 7 heteroatoms. The molecule has 0 spiro atoms. The van der Waals surface area contributed by atoms with Gasteiger partial charge in [0.15, 0.2) is 18.1 Å². The number of hydrogen-bond donors (Lipinski definition) is 1. The van der Waals surface area contributed by atoms with Gasteiger partial charge in [-0.15, -0.1) is 0 Å². The Bertz CT molecular complexity index is 717. The van der Waals surface area contributed by atoms with Crippen molar-refractivity contribution in [2.45, 2.75) is 0 Å². The molecule has 0 aromatic heterocycles. The summed E-state index contributed by atoms with van der Waals surface area (Å²) in [6, 6.07) is 12.6. The van der Waals surface area contributed by atoms with Gasteiger partial charge in [0, 0.05) is 16.2 Å². The molecule has 0 fully saturated rings. The summed E-state index contributed by atoms with van der Waals surface area (Å²) in [6.45, 7) is -0.193. The number of halogens is 1. The molecule has 0 aliphatic rings. The van der Waals surface area contributed by atoms with Crippen molar-refractivity contribution < 1.29 is 19.1 Å². The number of amides is 1. The van der Waals surface area contributed by atoms with E-state index >= 15 is 0 Å². The zero-order valence-corrected chi connectivity index (χ0v) is 14.9. The fraction of sp³-hybridized carbons (Fsp3) is 0.176. The maximum absolute atomic E-state index is 11.8. The minimum absolute atomic E-state index is 0.193. The van der Waals surface area contributed by atoms with E-state index in [1.807, 2.05) is 24.3 Å². The third-order valence-electron chi connectivity index (χ3n) is 3.01. The number of hydrogen-bond acceptors (Lipinski definition) is 5. The van der Waals surface area contributed by atoms with Crippen LogP contribution in [0.3, 0.4) is 0 Å². The zero-order chi connectivity index (χ0) is 17.4. The van der Waals surface area contributed by atoms with Gasteiger partial charge in [-0.1, -0.05) is 33.2 Å². The van der Waals surface area contributed by atoms with E-state index in [2.05, 4.69) is 26.4 Å². The number of nitrogens with zero attached hydrogens (tertiary/aromatic N) is 1. The smallest absolute Gasteiger partial charge is 0.265 e. The Morgan fingerprint density at radius 3 is 2.50 bits per heavy atom. The second kappa shape index (κ2) is 8.93. The van der Waals surface area contributed by atoms with Crippen molar-refractivity contribution >= 4 is 33.7 Å². The van der Waals surface area contributed by atoms with Gasteiger partial charge in [0.2, 0.25) is 0 Å². The summed E-state index contributed by atoms with van der Waals surface area (Å²) in [6.07, 6.45) is 1.54. The van der Waals surface area contributed by atoms with Crippen LogP contribution in [0.15, 0.2) is 52.1 Å². The Morgan fingerprint density at radius 1 is 1.12 bits per heavy atom. The molecule has 24 heavy (non-hydrogen) atoms. The van der Waals surface area contributed by atoms with Crippen LogP contribution in [0, 0.1) is 0 Å². The number of carbonyl (C=O) groups is 1. The van der Waals surface area contributed by atoms with Gasteiger partial charge in [0.05, 0.1) is 20.4 Å². The predicted molar refractivity (Wildman–Crippen MR) is 95.9 cm³/mol. The predicted octanol–water partition coefficient (Wildman–Crippen LogP) is 3.46. The SMILES string of the molecule is COc1ccc(NC(=O)CO/N=C\c2ccc(Br)cc2)cc1OC. The van der Waals surface area contributed by atoms with E-state index in [-0.39, 0.29) is 12.5 Å². The van der Waals surface area contributed by atoms with Gasteiger partial charge in [0.25, 0.3) is 5.91 Å². The highest BCUT2D eigenvalue weighted by atomic mass is 79.9. The van der Waals surface area contributed by atoms with E-state index in [9.17, 15) is 4.79 Å². The van der Waals surface area contributed by atoms with Crippen molar-refractivity contribution in [1.29, 1.82) is 0 Å². The summed E-state index contributed by atoms with van der Waals surface area (Å²) in [4.78, 5) is 16.8. The Labute approximate surface area is 148 Å². The van der Waals surface area contributed by atoms with Crippen LogP contribution >= 0.6 is 15.9 Å². The number of nitrogens with one attached hydrogen (secondary N) is 1. The number of ether oxygens (including phenoxy) is 2. The van der Waals surface area contributed by atoms with Gasteiger partial charge in [-0.2, -0.15) is 0 Å². The first-order chi connectivity index (χ1) is 11.6. The molecule has 2 aromatic rings. The maximum atomic E-state index is 11.8. The lowest BCUT2D eigenvalue weighted by atomic mass is 10.2. The average molecular weight is 393 g/mol. The van der Waals surface area contributed by atoms with Crippen molar-refractivity contribution in [3.63, 3.8) is 0 Å². The van der Waals surface area contributed by atoms with Crippen molar-refractivity contribution in [3.8, 4) is 11.5 Å². The molecule has 0 bridgehead atoms. The monoisotopic (exact) mass is 392 g/mol. The fourth-order valence-electron chi connectivity index (χ4n) is 1.85. The number of methoxy groups -OCH3 is 2. The molecule has 0 aliphatic carbocycles. The highest BCUT2D eigenvalue weighted by molar-refractivity contribution is 9.10. The summed E-state index contributed by atoms with van der Waals surface area (Å²) >= 11 is 3.35. The topological polar surface area (TPSA) is 69.2 Å². The molecular weight excluding hydrogens is 376 g/mol. The van der Waals surface area contributed by atoms with Crippen LogP contribution in [0.2, 0.25) is 0 Å². The minimum atomic E-state index is -0.324. The molecule has 0 unspecified atom stereocenters. The van der Waals surface area contributed by atoms with Crippen molar-refractivity contribution in [2.24, 2.45) is 5.16 Å². The van der Waals surface area contributed by atoms with E-state index in [1.54, 1.807) is 25.3 Å². The second-order valence-corrected chi connectivity index (χ2v) is 5.59. The van der Waals surface area contributed by atoms with Gasteiger partial charge < -0.3 is 19.6 Å². The molecule has 6 nitrogen and oxygen atoms in total. The van der Waals surface area contributed by atoms with Gasteiger partial charge in [-0.25, -0.2) is 0 Å². The first kappa shape index (κ1) is 17.8. The van der Waals surface area contributed by atoms with Crippen LogP contribution in [-0.2, 0) is 9.63 Å². The summed E-state index contributed by atoms with van der Waals surface area (Å²) in [5, 5.41) is 6.46. The molecule has 2 rings (SSSR count). The molecular formula is C17H17BrN2O4. The van der Waals surface area contributed by atoms with Crippen LogP contribution in [0.1, 0.15) is 5.56 Å². The van der Waals surface area contributed by atoms with E-state index in [4.69, 9.17) is 14.3 Å². The van der Waals surface area contributed by atoms with Crippen molar-refractivity contribution in [1.82, 2.24) is 0 Å². The van der Waals surface area contributed by atoms with E-state index < -0.39 is 0 Å². The Balaban J connectivity index is 1.84. The molecule has 0 saturated heterocycles. The fourth-order valence-corrected chi connectivity index (χ4v) is 2.12. The Morgan fingerprint density at radius 2 is 1.83 bits per heavy atom. The third-order valence-corrected chi connectivity index (χ3v) is 3.54. The molecule has 1 N–H and O–H groups in total. The first-order valence-electron chi connectivity index (χ1n) is 7.05. The summed E-state index contributed by atoms with van der Waals surface area (Å²) < 4.78 is 11.3. The van der Waals surface area contributed by atoms with Crippen LogP contribution in [0.5, 0.6) is 11.5 Å². The highest BCUT2D eigenvalue weighted by Gasteiger charge is 2.07. The van der Waals surface area contributed by atoms with Gasteiger partial charge in [0.1, 0.15) is 0 Å². The van der Waals surface area contributed by atoms with Crippen molar-refractivity contribution in [3.05, 3.63) is 52.5 Å². The maximum Gasteiger partial charge on any atom is 0.265 e. The van der Waals surface area contributed by atoms with Crippen LogP contribution in [0.4, 0.5) is 5.69 Å². The third kappa shape index (κ3) is 5.27. The lowest BCUT2D eigenvalue weighted by Gasteiger charge is -2.10. The van der Waals surface area contributed by atoms with Crippen LogP contribution < -0.4 is 14.8 Å². The van der Waals surface area contributed by atoms with Gasteiger partial charge in [-0.3, -0.25) is 4.79 Å². The first-order valence-corrected chi connectivity index (χ1v) is 7.84. The number of benzene rings is 2. The number of carbonyl (C=O) groups excluding carboxylic acids is 1. The van der Waals surface area contributed by atoms with Crippen LogP contribution in [0.25, 0.3) is 0 Å². The van der Waals surface area contributed by atoms with E-state index in [0.717, 1.165) is 10.0 Å². The van der Waals surface area contributed by atoms with Crippen LogP contribution in [-0.4, -0.2) is 32.9 Å². The lowest BCUT2D eigenvalue weighted by Crippen LogP contribution is -2.17. The molecule has 0 saturated carbocycles. The lowest BCUT2D eigenvalue weighted by molar-refractivity contribution is -0.120. The number of anilines is 1. The quantitative estimate of drug-likeness (QED) is 0.578. The standard InChI is InChI=1S/C17H17BrN2O4/c1-22-15-8-7-14(9-16(15)23-2)20-17(21)11-24-19-10-12-3-5-13(18)6-4-12/h3-10H,11H2,1-2H3,(H,20,21)/b19-10-. The Kier molecular flexibility index (Phi) is 6.62. The highest BCUT2D eigenvalue weighted by Crippen LogP contribution is 2.29. The van der Waals surface area contributed by atoms with Crippen molar-refractivity contribution in [2.75, 3.05) is 26.1 Å². The Hall–Kier alpha value is -2.54. The molecule has 126 valence electrons. The molecule has 0 atom stereocenters. The summed E-state index contributed by atoms with van der Waals surface area (Å²) in [5.74, 6) is 0.797. The summed E-state index contributed by atoms with van der Waals surface area (Å²) in [5.41, 5.74) is 1.46. The summed E-state index contributed by atoms with van der Waals surface area (Å²) in [7, 11) is 3.08. The second-order valence-electron chi connectivity index (χ2n) is 4.68. The minimum Gasteiger partial charge on any atom is -0.493 e. The number of oxime groups is 1. The van der Waals surface area contributed by atoms with Gasteiger partial charge >= 0.3 is 0 Å². The molecule has 0 aliphatic heterocycles. The molecule has 1 amide bonds. The van der Waals surface area contributed by atoms with Gasteiger partial charge in [-0.05, 0) is 29.8 Å².